The highest BCUT2D eigenvalue weighted by Crippen LogP contribution is 2.27. The molecule has 7 nitrogen and oxygen atoms in total. The van der Waals surface area contributed by atoms with E-state index in [-0.39, 0.29) is 11.9 Å². The highest BCUT2D eigenvalue weighted by molar-refractivity contribution is 8.00. The summed E-state index contributed by atoms with van der Waals surface area (Å²) >= 11 is 1.15. The Kier molecular flexibility index (Phi) is 4.33. The molecule has 1 fully saturated rings. The molecular formula is C15H16N4O3S. The number of hydrogen-bond acceptors (Lipinski definition) is 6. The Bertz CT molecular complexity index is 729. The lowest BCUT2D eigenvalue weighted by molar-refractivity contribution is -0.126. The van der Waals surface area contributed by atoms with Gasteiger partial charge in [0.05, 0.1) is 5.25 Å². The number of imide groups is 1. The molecule has 0 radical (unpaired) electrons. The van der Waals surface area contributed by atoms with E-state index in [9.17, 15) is 9.59 Å². The van der Waals surface area contributed by atoms with Gasteiger partial charge >= 0.3 is 6.03 Å². The van der Waals surface area contributed by atoms with Crippen molar-refractivity contribution in [1.29, 1.82) is 0 Å². The van der Waals surface area contributed by atoms with Crippen LogP contribution in [0.3, 0.4) is 0 Å². The molecule has 1 aromatic heterocycles. The number of benzene rings is 1. The molecule has 2 heterocycles. The number of thioether (sulfide) groups is 1. The Labute approximate surface area is 137 Å². The smallest absolute Gasteiger partial charge is 0.324 e. The van der Waals surface area contributed by atoms with E-state index < -0.39 is 5.25 Å². The maximum Gasteiger partial charge on any atom is 0.324 e. The van der Waals surface area contributed by atoms with Crippen LogP contribution in [0.2, 0.25) is 0 Å². The van der Waals surface area contributed by atoms with Gasteiger partial charge in [-0.05, 0) is 26.0 Å². The van der Waals surface area contributed by atoms with E-state index in [2.05, 4.69) is 15.5 Å². The second-order valence-corrected chi connectivity index (χ2v) is 6.51. The molecule has 8 heteroatoms. The predicted molar refractivity (Wildman–Crippen MR) is 84.9 cm³/mol. The lowest BCUT2D eigenvalue weighted by Crippen LogP contribution is -2.38. The summed E-state index contributed by atoms with van der Waals surface area (Å²) in [5.74, 6) is 0.145. The Morgan fingerprint density at radius 1 is 1.35 bits per heavy atom. The molecule has 120 valence electrons. The molecule has 0 unspecified atom stereocenters. The van der Waals surface area contributed by atoms with E-state index in [0.717, 1.165) is 22.9 Å². The minimum atomic E-state index is -0.481. The van der Waals surface area contributed by atoms with E-state index >= 15 is 0 Å². The van der Waals surface area contributed by atoms with Crippen LogP contribution in [0.15, 0.2) is 33.9 Å². The van der Waals surface area contributed by atoms with E-state index in [0.29, 0.717) is 24.2 Å². The van der Waals surface area contributed by atoms with Gasteiger partial charge in [-0.15, -0.1) is 10.2 Å². The van der Waals surface area contributed by atoms with Gasteiger partial charge in [0.2, 0.25) is 11.8 Å². The van der Waals surface area contributed by atoms with Gasteiger partial charge in [-0.2, -0.15) is 0 Å². The molecule has 1 aliphatic rings. The highest BCUT2D eigenvalue weighted by Gasteiger charge is 2.31. The Hall–Kier alpha value is -2.35. The van der Waals surface area contributed by atoms with Crippen LogP contribution in [0.4, 0.5) is 4.79 Å². The molecule has 1 atom stereocenters. The minimum absolute atomic E-state index is 0.264. The summed E-state index contributed by atoms with van der Waals surface area (Å²) < 4.78 is 5.59. The minimum Gasteiger partial charge on any atom is -0.411 e. The summed E-state index contributed by atoms with van der Waals surface area (Å²) in [6, 6.07) is 7.38. The average Bonchev–Trinajstić information content (AvgIpc) is 3.16. The van der Waals surface area contributed by atoms with Crippen LogP contribution in [0.1, 0.15) is 12.5 Å². The van der Waals surface area contributed by atoms with Crippen molar-refractivity contribution in [3.05, 3.63) is 29.8 Å². The fraction of sp³-hybridized carbons (Fsp3) is 0.333. The van der Waals surface area contributed by atoms with Crippen molar-refractivity contribution in [2.24, 2.45) is 0 Å². The second-order valence-electron chi connectivity index (χ2n) is 5.22. The molecule has 3 amide bonds. The Morgan fingerprint density at radius 2 is 2.09 bits per heavy atom. The van der Waals surface area contributed by atoms with Crippen molar-refractivity contribution in [3.8, 4) is 11.5 Å². The lowest BCUT2D eigenvalue weighted by atomic mass is 10.1. The van der Waals surface area contributed by atoms with E-state index in [1.54, 1.807) is 6.92 Å². The second kappa shape index (κ2) is 6.41. The molecular weight excluding hydrogens is 316 g/mol. The Balaban J connectivity index is 1.67. The number of carbonyl (C=O) groups excluding carboxylic acids is 2. The zero-order valence-corrected chi connectivity index (χ0v) is 13.6. The molecule has 0 bridgehead atoms. The summed E-state index contributed by atoms with van der Waals surface area (Å²) in [6.07, 6.45) is 0. The number of carbonyl (C=O) groups is 2. The summed E-state index contributed by atoms with van der Waals surface area (Å²) in [6.45, 7) is 4.59. The SMILES string of the molecule is Cc1ccc(-c2nnc(S[C@H](C)C(=O)N3CCNC3=O)o2)cc1. The van der Waals surface area contributed by atoms with Crippen LogP contribution in [0.25, 0.3) is 11.5 Å². The fourth-order valence-electron chi connectivity index (χ4n) is 2.17. The number of rotatable bonds is 4. The molecule has 0 saturated carbocycles. The van der Waals surface area contributed by atoms with Crippen LogP contribution < -0.4 is 5.32 Å². The quantitative estimate of drug-likeness (QED) is 0.862. The topological polar surface area (TPSA) is 88.3 Å². The van der Waals surface area contributed by atoms with Crippen LogP contribution in [0, 0.1) is 6.92 Å². The molecule has 1 saturated heterocycles. The third kappa shape index (κ3) is 3.37. The van der Waals surface area contributed by atoms with Crippen molar-refractivity contribution in [2.45, 2.75) is 24.3 Å². The van der Waals surface area contributed by atoms with Crippen molar-refractivity contribution in [2.75, 3.05) is 13.1 Å². The van der Waals surface area contributed by atoms with Crippen molar-refractivity contribution in [1.82, 2.24) is 20.4 Å². The molecule has 1 aliphatic heterocycles. The van der Waals surface area contributed by atoms with Gasteiger partial charge in [0, 0.05) is 18.7 Å². The largest absolute Gasteiger partial charge is 0.411 e. The third-order valence-corrected chi connectivity index (χ3v) is 4.37. The zero-order chi connectivity index (χ0) is 16.4. The third-order valence-electron chi connectivity index (χ3n) is 3.45. The number of hydrogen-bond donors (Lipinski definition) is 1. The fourth-order valence-corrected chi connectivity index (χ4v) is 2.92. The van der Waals surface area contributed by atoms with E-state index in [4.69, 9.17) is 4.42 Å². The summed E-state index contributed by atoms with van der Waals surface area (Å²) in [7, 11) is 0. The summed E-state index contributed by atoms with van der Waals surface area (Å²) in [4.78, 5) is 25.0. The highest BCUT2D eigenvalue weighted by atomic mass is 32.2. The first-order valence-electron chi connectivity index (χ1n) is 7.21. The average molecular weight is 332 g/mol. The summed E-state index contributed by atoms with van der Waals surface area (Å²) in [5.41, 5.74) is 1.97. The number of urea groups is 1. The van der Waals surface area contributed by atoms with Crippen LogP contribution in [0.5, 0.6) is 0 Å². The van der Waals surface area contributed by atoms with Crippen molar-refractivity contribution in [3.63, 3.8) is 0 Å². The van der Waals surface area contributed by atoms with Gasteiger partial charge in [-0.25, -0.2) is 4.79 Å². The van der Waals surface area contributed by atoms with Gasteiger partial charge in [-0.3, -0.25) is 9.69 Å². The molecule has 0 spiro atoms. The van der Waals surface area contributed by atoms with Crippen molar-refractivity contribution >= 4 is 23.7 Å². The van der Waals surface area contributed by atoms with Crippen molar-refractivity contribution < 1.29 is 14.0 Å². The molecule has 0 aliphatic carbocycles. The lowest BCUT2D eigenvalue weighted by Gasteiger charge is -2.15. The number of aromatic nitrogens is 2. The first kappa shape index (κ1) is 15.5. The van der Waals surface area contributed by atoms with Crippen LogP contribution in [-0.2, 0) is 4.79 Å². The van der Waals surface area contributed by atoms with Gasteiger partial charge < -0.3 is 9.73 Å². The monoisotopic (exact) mass is 332 g/mol. The molecule has 23 heavy (non-hydrogen) atoms. The van der Waals surface area contributed by atoms with Gasteiger partial charge in [0.25, 0.3) is 5.22 Å². The standard InChI is InChI=1S/C15H16N4O3S/c1-9-3-5-11(6-4-9)12-17-18-15(22-12)23-10(2)13(20)19-8-7-16-14(19)21/h3-6,10H,7-8H2,1-2H3,(H,16,21)/t10-/m1/s1. The number of aryl methyl sites for hydroxylation is 1. The zero-order valence-electron chi connectivity index (χ0n) is 12.8. The number of nitrogens with one attached hydrogen (secondary N) is 1. The maximum atomic E-state index is 12.2. The van der Waals surface area contributed by atoms with E-state index in [1.807, 2.05) is 31.2 Å². The number of nitrogens with zero attached hydrogens (tertiary/aromatic N) is 3. The predicted octanol–water partition coefficient (Wildman–Crippen LogP) is 2.08. The summed E-state index contributed by atoms with van der Waals surface area (Å²) in [5, 5.41) is 10.4. The normalized spacial score (nSPS) is 15.6. The molecule has 1 aromatic carbocycles. The van der Waals surface area contributed by atoms with E-state index in [1.165, 1.54) is 4.90 Å². The molecule has 1 N–H and O–H groups in total. The van der Waals surface area contributed by atoms with Gasteiger partial charge in [-0.1, -0.05) is 29.5 Å². The number of amides is 3. The molecule has 3 rings (SSSR count). The Morgan fingerprint density at radius 3 is 2.74 bits per heavy atom. The first-order chi connectivity index (χ1) is 11.0. The van der Waals surface area contributed by atoms with Crippen LogP contribution >= 0.6 is 11.8 Å². The van der Waals surface area contributed by atoms with Gasteiger partial charge in [0.1, 0.15) is 0 Å². The van der Waals surface area contributed by atoms with Gasteiger partial charge in [0.15, 0.2) is 0 Å². The molecule has 2 aromatic rings. The van der Waals surface area contributed by atoms with Crippen LogP contribution in [-0.4, -0.2) is 45.4 Å². The maximum absolute atomic E-state index is 12.2. The first-order valence-corrected chi connectivity index (χ1v) is 8.09.